The fourth-order valence-corrected chi connectivity index (χ4v) is 19.8. The summed E-state index contributed by atoms with van der Waals surface area (Å²) in [5.74, 6) is 1.50. The molecule has 9 nitrogen and oxygen atoms in total. The Bertz CT molecular complexity index is 8080. The van der Waals surface area contributed by atoms with Gasteiger partial charge in [-0.2, -0.15) is 0 Å². The zero-order valence-electron chi connectivity index (χ0n) is 68.3. The highest BCUT2D eigenvalue weighted by atomic mass is 15.1. The Labute approximate surface area is 725 Å². The molecule has 0 saturated carbocycles. The minimum Gasteiger partial charge on any atom is -0.309 e. The van der Waals surface area contributed by atoms with Gasteiger partial charge in [0, 0.05) is 116 Å². The van der Waals surface area contributed by atoms with Crippen molar-refractivity contribution in [3.8, 4) is 102 Å². The van der Waals surface area contributed by atoms with Crippen LogP contribution in [0.2, 0.25) is 0 Å². The molecule has 0 bridgehead atoms. The maximum absolute atomic E-state index is 5.34. The minimum absolute atomic E-state index is 0.684. The van der Waals surface area contributed by atoms with Gasteiger partial charge in [-0.25, -0.2) is 15.0 Å². The van der Waals surface area contributed by atoms with Crippen molar-refractivity contribution in [1.82, 2.24) is 42.4 Å². The van der Waals surface area contributed by atoms with Gasteiger partial charge in [-0.15, -0.1) is 0 Å². The van der Waals surface area contributed by atoms with Gasteiger partial charge in [0.15, 0.2) is 5.82 Å². The Hall–Kier alpha value is -17.0. The van der Waals surface area contributed by atoms with E-state index in [0.717, 1.165) is 112 Å². The van der Waals surface area contributed by atoms with Crippen molar-refractivity contribution < 1.29 is 0 Å². The molecular weight excluding hydrogens is 1530 g/mol. The molecule has 0 N–H and O–H groups in total. The molecule has 0 aliphatic heterocycles. The monoisotopic (exact) mass is 1610 g/mol. The van der Waals surface area contributed by atoms with Crippen LogP contribution < -0.4 is 0 Å². The van der Waals surface area contributed by atoms with E-state index in [4.69, 9.17) is 15.0 Å². The summed E-state index contributed by atoms with van der Waals surface area (Å²) in [6.45, 7) is 0. The van der Waals surface area contributed by atoms with E-state index < -0.39 is 0 Å². The van der Waals surface area contributed by atoms with Gasteiger partial charge >= 0.3 is 0 Å². The van der Waals surface area contributed by atoms with E-state index in [0.29, 0.717) is 5.82 Å². The van der Waals surface area contributed by atoms with Crippen molar-refractivity contribution in [3.05, 3.63) is 455 Å². The lowest BCUT2D eigenvalue weighted by molar-refractivity contribution is 1.05. The summed E-state index contributed by atoms with van der Waals surface area (Å²) in [5, 5.41) is 14.6. The highest BCUT2D eigenvalue weighted by Gasteiger charge is 2.25. The molecule has 18 aromatic carbocycles. The molecule has 26 aromatic rings. The number of nitrogens with zero attached hydrogens (tertiary/aromatic N) is 9. The third-order valence-corrected chi connectivity index (χ3v) is 25.5. The van der Waals surface area contributed by atoms with E-state index in [9.17, 15) is 0 Å². The van der Waals surface area contributed by atoms with Gasteiger partial charge in [-0.1, -0.05) is 291 Å². The number of benzene rings is 18. The van der Waals surface area contributed by atoms with Gasteiger partial charge in [0.2, 0.25) is 0 Å². The second-order valence-electron chi connectivity index (χ2n) is 32.6. The number of aromatic nitrogens is 9. The quantitative estimate of drug-likeness (QED) is 0.122. The number of para-hydroxylation sites is 8. The smallest absolute Gasteiger partial charge is 0.162 e. The summed E-state index contributed by atoms with van der Waals surface area (Å²) in [7, 11) is 0. The molecule has 0 aliphatic rings. The van der Waals surface area contributed by atoms with E-state index in [1.807, 2.05) is 24.3 Å². The van der Waals surface area contributed by atoms with E-state index >= 15 is 0 Å². The molecule has 126 heavy (non-hydrogen) atoms. The lowest BCUT2D eigenvalue weighted by Gasteiger charge is -2.14. The molecule has 0 radical (unpaired) electrons. The Morgan fingerprint density at radius 1 is 0.127 bits per heavy atom. The first kappa shape index (κ1) is 71.9. The predicted octanol–water partition coefficient (Wildman–Crippen LogP) is 30.1. The van der Waals surface area contributed by atoms with Crippen LogP contribution in [0, 0.1) is 0 Å². The molecule has 8 aromatic heterocycles. The maximum Gasteiger partial charge on any atom is 0.162 e. The van der Waals surface area contributed by atoms with Gasteiger partial charge < -0.3 is 22.8 Å². The largest absolute Gasteiger partial charge is 0.309 e. The van der Waals surface area contributed by atoms with Crippen LogP contribution >= 0.6 is 0 Å². The molecule has 0 unspecified atom stereocenters. The predicted molar refractivity (Wildman–Crippen MR) is 525 cm³/mol. The fraction of sp³-hybridized carbons (Fsp3) is 0. The van der Waals surface area contributed by atoms with Crippen molar-refractivity contribution in [1.29, 1.82) is 0 Å². The molecule has 26 rings (SSSR count). The van der Waals surface area contributed by atoms with E-state index in [1.54, 1.807) is 0 Å². The summed E-state index contributed by atoms with van der Waals surface area (Å²) < 4.78 is 14.3. The molecular formula is C117H75N9. The summed E-state index contributed by atoms with van der Waals surface area (Å²) in [6.07, 6.45) is 0. The van der Waals surface area contributed by atoms with Crippen LogP contribution in [0.3, 0.4) is 0 Å². The van der Waals surface area contributed by atoms with Crippen molar-refractivity contribution in [2.45, 2.75) is 0 Å². The van der Waals surface area contributed by atoms with Crippen LogP contribution in [-0.2, 0) is 0 Å². The van der Waals surface area contributed by atoms with Crippen molar-refractivity contribution >= 4 is 131 Å². The average molecular weight is 1610 g/mol. The molecule has 0 fully saturated rings. The molecule has 0 spiro atoms. The first-order valence-electron chi connectivity index (χ1n) is 43.0. The summed E-state index contributed by atoms with van der Waals surface area (Å²) in [5.41, 5.74) is 31.2. The first-order valence-corrected chi connectivity index (χ1v) is 43.0. The molecule has 0 atom stereocenters. The average Bonchev–Trinajstić information content (AvgIpc) is 1.57. The Balaban J connectivity index is 0.000000137. The topological polar surface area (TPSA) is 68.2 Å². The standard InChI is InChI=1S/C59H38N4.C58H37N5/c1-4-16-39(17-5-1)52-37-45(38-53(60-52)40-18-6-2-7-19-40)63-58-32-29-42(41-28-31-57-49(34-41)48-24-12-15-27-56(48)61(57)43-20-8-3-9-21-43)35-50(58)51-36-44(30-33-59(51)63)62-54-25-13-10-22-46(54)47-23-11-14-26-55(47)62;1-4-16-38(17-5-1)50-37-57(60-58(59-50)39-18-6-2-7-19-39)63-55-32-29-41(40-28-31-54-47(34-40)46-24-12-15-27-53(46)61(54)42-20-8-3-9-21-42)35-48(55)49-36-43(30-33-56(49)63)62-51-25-13-10-22-44(51)45-23-11-14-26-52(45)62/h1-38H;1-37H. The number of pyridine rings is 1. The third-order valence-electron chi connectivity index (χ3n) is 25.5. The van der Waals surface area contributed by atoms with Crippen molar-refractivity contribution in [2.24, 2.45) is 0 Å². The summed E-state index contributed by atoms with van der Waals surface area (Å²) >= 11 is 0. The number of fused-ring (bicyclic) bond motifs is 18. The highest BCUT2D eigenvalue weighted by Crippen LogP contribution is 2.46. The Kier molecular flexibility index (Phi) is 16.8. The molecule has 0 saturated heterocycles. The van der Waals surface area contributed by atoms with Gasteiger partial charge in [0.25, 0.3) is 0 Å². The second kappa shape index (κ2) is 29.4. The third kappa shape index (κ3) is 11.8. The summed E-state index contributed by atoms with van der Waals surface area (Å²) in [4.78, 5) is 15.7. The van der Waals surface area contributed by atoms with Gasteiger partial charge in [0.05, 0.1) is 89.0 Å². The van der Waals surface area contributed by atoms with Gasteiger partial charge in [-0.3, -0.25) is 4.57 Å². The maximum atomic E-state index is 5.34. The van der Waals surface area contributed by atoms with Crippen LogP contribution in [0.1, 0.15) is 0 Å². The molecule has 8 heterocycles. The van der Waals surface area contributed by atoms with Gasteiger partial charge in [-0.05, 0) is 180 Å². The van der Waals surface area contributed by atoms with Crippen molar-refractivity contribution in [2.75, 3.05) is 0 Å². The van der Waals surface area contributed by atoms with Gasteiger partial charge in [0.1, 0.15) is 5.82 Å². The Morgan fingerprint density at radius 3 is 0.706 bits per heavy atom. The number of hydrogen-bond acceptors (Lipinski definition) is 3. The minimum atomic E-state index is 0.684. The second-order valence-corrected chi connectivity index (χ2v) is 32.6. The van der Waals surface area contributed by atoms with E-state index in [1.165, 1.54) is 115 Å². The van der Waals surface area contributed by atoms with Crippen LogP contribution in [0.25, 0.3) is 233 Å². The fourth-order valence-electron chi connectivity index (χ4n) is 19.8. The van der Waals surface area contributed by atoms with Crippen molar-refractivity contribution in [3.63, 3.8) is 0 Å². The highest BCUT2D eigenvalue weighted by molar-refractivity contribution is 6.17. The lowest BCUT2D eigenvalue weighted by Crippen LogP contribution is -2.02. The van der Waals surface area contributed by atoms with E-state index in [2.05, 4.69) is 458 Å². The van der Waals surface area contributed by atoms with E-state index in [-0.39, 0.29) is 0 Å². The normalized spacial score (nSPS) is 11.8. The molecule has 588 valence electrons. The zero-order valence-corrected chi connectivity index (χ0v) is 68.3. The lowest BCUT2D eigenvalue weighted by atomic mass is 10.0. The summed E-state index contributed by atoms with van der Waals surface area (Å²) in [6, 6.07) is 164. The van der Waals surface area contributed by atoms with Crippen LogP contribution in [0.15, 0.2) is 455 Å². The zero-order chi connectivity index (χ0) is 82.9. The SMILES string of the molecule is c1ccc(-c2cc(-n3c4ccc(-c5ccc6c(c5)c5ccccc5n6-c5ccccc5)cc4c4cc(-n5c6ccccc6c6ccccc65)ccc43)cc(-c3ccccc3)n2)cc1.c1ccc(-c2cc(-n3c4ccc(-c5ccc6c(c5)c5ccccc5n6-c5ccccc5)cc4c4cc(-n5c6ccccc6c6ccccc65)ccc43)nc(-c3ccccc3)n2)cc1. The molecule has 0 amide bonds. The molecule has 9 heteroatoms. The van der Waals surface area contributed by atoms with Crippen LogP contribution in [0.5, 0.6) is 0 Å². The number of hydrogen-bond donors (Lipinski definition) is 0. The number of rotatable bonds is 12. The molecule has 0 aliphatic carbocycles. The van der Waals surface area contributed by atoms with Crippen LogP contribution in [-0.4, -0.2) is 42.4 Å². The van der Waals surface area contributed by atoms with Crippen LogP contribution in [0.4, 0.5) is 0 Å². The first-order chi connectivity index (χ1) is 62.5. The Morgan fingerprint density at radius 2 is 0.365 bits per heavy atom.